The summed E-state index contributed by atoms with van der Waals surface area (Å²) in [4.78, 5) is 25.2. The number of nitrogens with one attached hydrogen (secondary N) is 2. The van der Waals surface area contributed by atoms with Gasteiger partial charge in [-0.15, -0.1) is 0 Å². The summed E-state index contributed by atoms with van der Waals surface area (Å²) in [5, 5.41) is 10.9. The van der Waals surface area contributed by atoms with Crippen molar-refractivity contribution in [2.45, 2.75) is 13.8 Å². The molecule has 0 bridgehead atoms. The molecule has 2 heterocycles. The molecule has 0 saturated heterocycles. The molecule has 4 aromatic rings. The maximum atomic E-state index is 12.8. The van der Waals surface area contributed by atoms with Crippen molar-refractivity contribution in [2.24, 2.45) is 0 Å². The number of carbonyl (C=O) groups excluding carboxylic acids is 2. The monoisotopic (exact) mass is 468 g/mol. The van der Waals surface area contributed by atoms with E-state index >= 15 is 0 Å². The van der Waals surface area contributed by atoms with Gasteiger partial charge in [0.15, 0.2) is 5.76 Å². The number of anilines is 2. The van der Waals surface area contributed by atoms with Crippen LogP contribution in [0.3, 0.4) is 0 Å². The highest BCUT2D eigenvalue weighted by Crippen LogP contribution is 2.27. The number of hydrogen-bond acceptors (Lipinski definition) is 4. The van der Waals surface area contributed by atoms with Crippen LogP contribution < -0.4 is 10.6 Å². The second-order valence-electron chi connectivity index (χ2n) is 7.02. The molecule has 0 saturated carbocycles. The Morgan fingerprint density at radius 1 is 0.938 bits per heavy atom. The summed E-state index contributed by atoms with van der Waals surface area (Å²) in [6, 6.07) is 14.9. The van der Waals surface area contributed by atoms with Crippen molar-refractivity contribution in [3.63, 3.8) is 0 Å². The molecule has 0 aliphatic carbocycles. The van der Waals surface area contributed by atoms with Crippen LogP contribution in [0.1, 0.15) is 32.3 Å². The molecule has 0 spiro atoms. The van der Waals surface area contributed by atoms with Crippen molar-refractivity contribution in [1.82, 2.24) is 9.78 Å². The molecule has 4 rings (SSSR count). The molecule has 9 heteroatoms. The number of aryl methyl sites for hydroxylation is 1. The van der Waals surface area contributed by atoms with Crippen LogP contribution in [0.15, 0.2) is 65.3 Å². The molecule has 0 aliphatic rings. The first-order valence-corrected chi connectivity index (χ1v) is 10.4. The normalized spacial score (nSPS) is 10.8. The van der Waals surface area contributed by atoms with E-state index in [-0.39, 0.29) is 11.7 Å². The Bertz CT molecular complexity index is 1300. The van der Waals surface area contributed by atoms with Crippen molar-refractivity contribution >= 4 is 46.4 Å². The number of carbonyl (C=O) groups is 2. The highest BCUT2D eigenvalue weighted by Gasteiger charge is 2.15. The van der Waals surface area contributed by atoms with Gasteiger partial charge in [0.1, 0.15) is 0 Å². The van der Waals surface area contributed by atoms with Gasteiger partial charge >= 0.3 is 0 Å². The van der Waals surface area contributed by atoms with Crippen molar-refractivity contribution in [3.05, 3.63) is 93.6 Å². The zero-order valence-corrected chi connectivity index (χ0v) is 18.7. The Hall–Kier alpha value is -3.55. The number of nitrogens with zero attached hydrogens (tertiary/aromatic N) is 2. The standard InChI is InChI=1S/C23H18Cl2N4O3/c1-13-21(25)14(2)29(28-13)17-8-5-15(6-9-17)22(30)26-18-10-7-16(24)12-19(18)27-23(31)20-4-3-11-32-20/h3-12H,1-2H3,(H,26,30)(H,27,31). The first-order chi connectivity index (χ1) is 15.3. The third-order valence-electron chi connectivity index (χ3n) is 4.80. The SMILES string of the molecule is Cc1nn(-c2ccc(C(=O)Nc3ccc(Cl)cc3NC(=O)c3ccco3)cc2)c(C)c1Cl. The molecule has 0 atom stereocenters. The van der Waals surface area contributed by atoms with Gasteiger partial charge in [-0.25, -0.2) is 4.68 Å². The Labute approximate surface area is 193 Å². The number of amides is 2. The quantitative estimate of drug-likeness (QED) is 0.381. The average Bonchev–Trinajstić information content (AvgIpc) is 3.41. The van der Waals surface area contributed by atoms with Gasteiger partial charge in [0.25, 0.3) is 11.8 Å². The fourth-order valence-electron chi connectivity index (χ4n) is 3.14. The van der Waals surface area contributed by atoms with E-state index in [0.29, 0.717) is 27.0 Å². The van der Waals surface area contributed by atoms with Crippen LogP contribution in [0.4, 0.5) is 11.4 Å². The summed E-state index contributed by atoms with van der Waals surface area (Å²) in [6.45, 7) is 3.71. The summed E-state index contributed by atoms with van der Waals surface area (Å²) in [6.07, 6.45) is 1.40. The van der Waals surface area contributed by atoms with E-state index in [1.54, 1.807) is 53.2 Å². The topological polar surface area (TPSA) is 89.2 Å². The first-order valence-electron chi connectivity index (χ1n) is 9.61. The van der Waals surface area contributed by atoms with Crippen LogP contribution in [-0.4, -0.2) is 21.6 Å². The lowest BCUT2D eigenvalue weighted by atomic mass is 10.1. The molecule has 0 radical (unpaired) electrons. The Morgan fingerprint density at radius 2 is 1.66 bits per heavy atom. The number of furan rings is 1. The zero-order chi connectivity index (χ0) is 22.8. The summed E-state index contributed by atoms with van der Waals surface area (Å²) >= 11 is 12.3. The van der Waals surface area contributed by atoms with E-state index in [1.165, 1.54) is 12.3 Å². The highest BCUT2D eigenvalue weighted by atomic mass is 35.5. The van der Waals surface area contributed by atoms with Crippen LogP contribution >= 0.6 is 23.2 Å². The number of aromatic nitrogens is 2. The summed E-state index contributed by atoms with van der Waals surface area (Å²) in [7, 11) is 0. The van der Waals surface area contributed by atoms with Gasteiger partial charge in [-0.3, -0.25) is 9.59 Å². The van der Waals surface area contributed by atoms with Crippen LogP contribution in [0, 0.1) is 13.8 Å². The van der Waals surface area contributed by atoms with Gasteiger partial charge in [-0.1, -0.05) is 23.2 Å². The first kappa shape index (κ1) is 21.7. The van der Waals surface area contributed by atoms with Gasteiger partial charge in [0.2, 0.25) is 0 Å². The minimum atomic E-state index is -0.458. The number of rotatable bonds is 5. The Morgan fingerprint density at radius 3 is 2.28 bits per heavy atom. The molecule has 0 aliphatic heterocycles. The second-order valence-corrected chi connectivity index (χ2v) is 7.83. The fourth-order valence-corrected chi connectivity index (χ4v) is 3.43. The molecule has 7 nitrogen and oxygen atoms in total. The number of benzene rings is 2. The lowest BCUT2D eigenvalue weighted by Gasteiger charge is -2.13. The molecular formula is C23H18Cl2N4O3. The summed E-state index contributed by atoms with van der Waals surface area (Å²) in [5.74, 6) is -0.665. The van der Waals surface area contributed by atoms with Crippen molar-refractivity contribution < 1.29 is 14.0 Å². The molecule has 2 aromatic carbocycles. The predicted molar refractivity (Wildman–Crippen MR) is 124 cm³/mol. The lowest BCUT2D eigenvalue weighted by Crippen LogP contribution is -2.16. The van der Waals surface area contributed by atoms with E-state index in [4.69, 9.17) is 27.6 Å². The number of hydrogen-bond donors (Lipinski definition) is 2. The van der Waals surface area contributed by atoms with Crippen molar-refractivity contribution in [1.29, 1.82) is 0 Å². The summed E-state index contributed by atoms with van der Waals surface area (Å²) in [5.41, 5.74) is 3.51. The molecule has 32 heavy (non-hydrogen) atoms. The highest BCUT2D eigenvalue weighted by molar-refractivity contribution is 6.32. The van der Waals surface area contributed by atoms with E-state index in [1.807, 2.05) is 13.8 Å². The van der Waals surface area contributed by atoms with Crippen molar-refractivity contribution in [2.75, 3.05) is 10.6 Å². The van der Waals surface area contributed by atoms with Gasteiger partial charge < -0.3 is 15.1 Å². The van der Waals surface area contributed by atoms with Gasteiger partial charge in [0.05, 0.1) is 39.7 Å². The molecule has 0 unspecified atom stereocenters. The Kier molecular flexibility index (Phi) is 6.03. The second kappa shape index (κ2) is 8.90. The molecule has 162 valence electrons. The van der Waals surface area contributed by atoms with Crippen LogP contribution in [-0.2, 0) is 0 Å². The lowest BCUT2D eigenvalue weighted by molar-refractivity contribution is 0.0993. The van der Waals surface area contributed by atoms with Crippen molar-refractivity contribution in [3.8, 4) is 5.69 Å². The molecule has 2 aromatic heterocycles. The van der Waals surface area contributed by atoms with E-state index in [2.05, 4.69) is 15.7 Å². The van der Waals surface area contributed by atoms with Crippen LogP contribution in [0.2, 0.25) is 10.0 Å². The maximum Gasteiger partial charge on any atom is 0.291 e. The molecule has 2 N–H and O–H groups in total. The third kappa shape index (κ3) is 4.39. The largest absolute Gasteiger partial charge is 0.459 e. The minimum absolute atomic E-state index is 0.141. The van der Waals surface area contributed by atoms with Gasteiger partial charge in [-0.2, -0.15) is 5.10 Å². The van der Waals surface area contributed by atoms with Crippen LogP contribution in [0.5, 0.6) is 0 Å². The van der Waals surface area contributed by atoms with E-state index < -0.39 is 5.91 Å². The van der Waals surface area contributed by atoms with E-state index in [9.17, 15) is 9.59 Å². The van der Waals surface area contributed by atoms with Crippen LogP contribution in [0.25, 0.3) is 5.69 Å². The molecule has 0 fully saturated rings. The third-order valence-corrected chi connectivity index (χ3v) is 5.58. The maximum absolute atomic E-state index is 12.8. The minimum Gasteiger partial charge on any atom is -0.459 e. The van der Waals surface area contributed by atoms with Gasteiger partial charge in [-0.05, 0) is 68.4 Å². The molecule has 2 amide bonds. The predicted octanol–water partition coefficient (Wildman–Crippen LogP) is 5.89. The number of halogens is 2. The fraction of sp³-hybridized carbons (Fsp3) is 0.0870. The van der Waals surface area contributed by atoms with E-state index in [0.717, 1.165) is 17.1 Å². The molecular weight excluding hydrogens is 451 g/mol. The zero-order valence-electron chi connectivity index (χ0n) is 17.1. The Balaban J connectivity index is 1.54. The average molecular weight is 469 g/mol. The summed E-state index contributed by atoms with van der Waals surface area (Å²) < 4.78 is 6.83. The smallest absolute Gasteiger partial charge is 0.291 e. The van der Waals surface area contributed by atoms with Gasteiger partial charge in [0, 0.05) is 10.6 Å².